The first kappa shape index (κ1) is 26.0. The maximum Gasteiger partial charge on any atom is 0.264 e. The Bertz CT molecular complexity index is 1290. The number of carbonyl (C=O) groups excluding carboxylic acids is 2. The molecular formula is C27H31N3O4S. The molecule has 2 N–H and O–H groups in total. The number of benzene rings is 3. The number of amides is 2. The van der Waals surface area contributed by atoms with Crippen molar-refractivity contribution in [3.8, 4) is 0 Å². The SMILES string of the molecule is Cc1ccccc1C(=O)NC(CC(C)C)C(=O)Nc1cccc(S(=O)(=O)N(C)c2ccccc2)c1. The van der Waals surface area contributed by atoms with Gasteiger partial charge in [0.25, 0.3) is 15.9 Å². The predicted molar refractivity (Wildman–Crippen MR) is 139 cm³/mol. The van der Waals surface area contributed by atoms with E-state index in [2.05, 4.69) is 10.6 Å². The van der Waals surface area contributed by atoms with Crippen LogP contribution in [0, 0.1) is 12.8 Å². The number of nitrogens with zero attached hydrogens (tertiary/aromatic N) is 1. The first-order valence-corrected chi connectivity index (χ1v) is 12.8. The van der Waals surface area contributed by atoms with Crippen LogP contribution in [0.1, 0.15) is 36.2 Å². The molecule has 0 aromatic heterocycles. The van der Waals surface area contributed by atoms with Crippen molar-refractivity contribution in [2.24, 2.45) is 5.92 Å². The van der Waals surface area contributed by atoms with Crippen LogP contribution >= 0.6 is 0 Å². The average Bonchev–Trinajstić information content (AvgIpc) is 2.83. The number of aryl methyl sites for hydroxylation is 1. The summed E-state index contributed by atoms with van der Waals surface area (Å²) in [6, 6.07) is 21.2. The Kier molecular flexibility index (Phi) is 8.30. The van der Waals surface area contributed by atoms with Crippen molar-refractivity contribution in [1.29, 1.82) is 0 Å². The molecule has 3 aromatic carbocycles. The standard InChI is InChI=1S/C27H31N3O4S/c1-19(2)17-25(29-26(31)24-16-9-8-11-20(24)3)27(32)28-21-12-10-15-23(18-21)35(33,34)30(4)22-13-6-5-7-14-22/h5-16,18-19,25H,17H2,1-4H3,(H,28,32)(H,29,31). The molecule has 0 aliphatic rings. The van der Waals surface area contributed by atoms with Crippen LogP contribution in [0.3, 0.4) is 0 Å². The first-order valence-electron chi connectivity index (χ1n) is 11.4. The highest BCUT2D eigenvalue weighted by Gasteiger charge is 2.25. The molecule has 35 heavy (non-hydrogen) atoms. The molecule has 0 fully saturated rings. The summed E-state index contributed by atoms with van der Waals surface area (Å²) in [5.74, 6) is -0.592. The fraction of sp³-hybridized carbons (Fsp3) is 0.259. The smallest absolute Gasteiger partial charge is 0.264 e. The van der Waals surface area contributed by atoms with E-state index in [0.717, 1.165) is 5.56 Å². The second kappa shape index (κ2) is 11.2. The van der Waals surface area contributed by atoms with E-state index in [9.17, 15) is 18.0 Å². The number of nitrogens with one attached hydrogen (secondary N) is 2. The quantitative estimate of drug-likeness (QED) is 0.455. The average molecular weight is 494 g/mol. The molecule has 3 rings (SSSR count). The molecule has 184 valence electrons. The van der Waals surface area contributed by atoms with Gasteiger partial charge in [0.05, 0.1) is 10.6 Å². The molecule has 2 amide bonds. The molecule has 0 bridgehead atoms. The molecule has 3 aromatic rings. The zero-order chi connectivity index (χ0) is 25.6. The summed E-state index contributed by atoms with van der Waals surface area (Å²) in [4.78, 5) is 26.0. The van der Waals surface area contributed by atoms with Gasteiger partial charge in [-0.15, -0.1) is 0 Å². The van der Waals surface area contributed by atoms with Gasteiger partial charge in [-0.1, -0.05) is 56.3 Å². The van der Waals surface area contributed by atoms with E-state index in [0.29, 0.717) is 23.4 Å². The van der Waals surface area contributed by atoms with Crippen LogP contribution < -0.4 is 14.9 Å². The Balaban J connectivity index is 1.80. The second-order valence-corrected chi connectivity index (χ2v) is 10.8. The van der Waals surface area contributed by atoms with Gasteiger partial charge >= 0.3 is 0 Å². The lowest BCUT2D eigenvalue weighted by atomic mass is 10.0. The minimum atomic E-state index is -3.84. The Morgan fingerprint density at radius 2 is 1.57 bits per heavy atom. The Hall–Kier alpha value is -3.65. The van der Waals surface area contributed by atoms with Crippen LogP contribution in [0.2, 0.25) is 0 Å². The third kappa shape index (κ3) is 6.48. The molecule has 7 nitrogen and oxygen atoms in total. The predicted octanol–water partition coefficient (Wildman–Crippen LogP) is 4.60. The zero-order valence-corrected chi connectivity index (χ0v) is 21.2. The molecular weight excluding hydrogens is 462 g/mol. The number of carbonyl (C=O) groups is 2. The van der Waals surface area contributed by atoms with Crippen LogP contribution in [-0.4, -0.2) is 33.3 Å². The van der Waals surface area contributed by atoms with Crippen molar-refractivity contribution >= 4 is 33.2 Å². The van der Waals surface area contributed by atoms with Crippen molar-refractivity contribution in [2.45, 2.75) is 38.1 Å². The molecule has 0 aliphatic heterocycles. The lowest BCUT2D eigenvalue weighted by Crippen LogP contribution is -2.44. The van der Waals surface area contributed by atoms with Gasteiger partial charge in [0.15, 0.2) is 0 Å². The van der Waals surface area contributed by atoms with Crippen molar-refractivity contribution < 1.29 is 18.0 Å². The maximum atomic E-state index is 13.1. The topological polar surface area (TPSA) is 95.6 Å². The molecule has 0 saturated heterocycles. The number of sulfonamides is 1. The summed E-state index contributed by atoms with van der Waals surface area (Å²) in [7, 11) is -2.36. The van der Waals surface area contributed by atoms with E-state index >= 15 is 0 Å². The Labute approximate surface area is 207 Å². The number of anilines is 2. The molecule has 0 heterocycles. The normalized spacial score (nSPS) is 12.1. The minimum absolute atomic E-state index is 0.0472. The fourth-order valence-electron chi connectivity index (χ4n) is 3.67. The summed E-state index contributed by atoms with van der Waals surface area (Å²) in [5, 5.41) is 5.61. The Morgan fingerprint density at radius 1 is 0.914 bits per heavy atom. The Morgan fingerprint density at radius 3 is 2.23 bits per heavy atom. The van der Waals surface area contributed by atoms with Gasteiger partial charge in [0.2, 0.25) is 5.91 Å². The molecule has 0 saturated carbocycles. The van der Waals surface area contributed by atoms with Gasteiger partial charge in [-0.3, -0.25) is 13.9 Å². The van der Waals surface area contributed by atoms with Crippen LogP contribution in [0.25, 0.3) is 0 Å². The maximum absolute atomic E-state index is 13.1. The van der Waals surface area contributed by atoms with Gasteiger partial charge in [-0.25, -0.2) is 8.42 Å². The van der Waals surface area contributed by atoms with Gasteiger partial charge in [-0.05, 0) is 61.2 Å². The lowest BCUT2D eigenvalue weighted by molar-refractivity contribution is -0.118. The van der Waals surface area contributed by atoms with Crippen LogP contribution in [-0.2, 0) is 14.8 Å². The molecule has 0 radical (unpaired) electrons. The minimum Gasteiger partial charge on any atom is -0.340 e. The lowest BCUT2D eigenvalue weighted by Gasteiger charge is -2.22. The fourth-order valence-corrected chi connectivity index (χ4v) is 4.91. The molecule has 1 unspecified atom stereocenters. The van der Waals surface area contributed by atoms with E-state index in [1.807, 2.05) is 39.0 Å². The van der Waals surface area contributed by atoms with Gasteiger partial charge in [-0.2, -0.15) is 0 Å². The van der Waals surface area contributed by atoms with Crippen LogP contribution in [0.4, 0.5) is 11.4 Å². The largest absolute Gasteiger partial charge is 0.340 e. The number of para-hydroxylation sites is 1. The van der Waals surface area contributed by atoms with Gasteiger partial charge in [0.1, 0.15) is 6.04 Å². The summed E-state index contributed by atoms with van der Waals surface area (Å²) < 4.78 is 27.5. The van der Waals surface area contributed by atoms with E-state index in [1.165, 1.54) is 23.5 Å². The first-order chi connectivity index (χ1) is 16.6. The second-order valence-electron chi connectivity index (χ2n) is 8.80. The third-order valence-electron chi connectivity index (χ3n) is 5.60. The van der Waals surface area contributed by atoms with Gasteiger partial charge in [0, 0.05) is 18.3 Å². The van der Waals surface area contributed by atoms with Crippen molar-refractivity contribution in [1.82, 2.24) is 5.32 Å². The summed E-state index contributed by atoms with van der Waals surface area (Å²) >= 11 is 0. The summed E-state index contributed by atoms with van der Waals surface area (Å²) in [6.45, 7) is 5.77. The highest BCUT2D eigenvalue weighted by atomic mass is 32.2. The van der Waals surface area contributed by atoms with Crippen molar-refractivity contribution in [2.75, 3.05) is 16.7 Å². The van der Waals surface area contributed by atoms with Gasteiger partial charge < -0.3 is 10.6 Å². The molecule has 8 heteroatoms. The molecule has 0 spiro atoms. The van der Waals surface area contributed by atoms with E-state index < -0.39 is 22.0 Å². The molecule has 1 atom stereocenters. The number of hydrogen-bond acceptors (Lipinski definition) is 4. The number of rotatable bonds is 9. The highest BCUT2D eigenvalue weighted by molar-refractivity contribution is 7.92. The highest BCUT2D eigenvalue weighted by Crippen LogP contribution is 2.24. The molecule has 0 aliphatic carbocycles. The zero-order valence-electron chi connectivity index (χ0n) is 20.4. The van der Waals surface area contributed by atoms with E-state index in [-0.39, 0.29) is 16.7 Å². The summed E-state index contributed by atoms with van der Waals surface area (Å²) in [6.07, 6.45) is 0.429. The van der Waals surface area contributed by atoms with E-state index in [1.54, 1.807) is 48.5 Å². The van der Waals surface area contributed by atoms with Crippen molar-refractivity contribution in [3.05, 3.63) is 90.0 Å². The van der Waals surface area contributed by atoms with Crippen LogP contribution in [0.5, 0.6) is 0 Å². The third-order valence-corrected chi connectivity index (χ3v) is 7.38. The van der Waals surface area contributed by atoms with Crippen molar-refractivity contribution in [3.63, 3.8) is 0 Å². The van der Waals surface area contributed by atoms with Crippen LogP contribution in [0.15, 0.2) is 83.8 Å². The number of hydrogen-bond donors (Lipinski definition) is 2. The monoisotopic (exact) mass is 493 g/mol. The summed E-state index contributed by atoms with van der Waals surface area (Å²) in [5.41, 5.74) is 2.18. The van der Waals surface area contributed by atoms with E-state index in [4.69, 9.17) is 0 Å².